The fraction of sp³-hybridized carbons (Fsp3) is 0.400. The number of benzene rings is 1. The summed E-state index contributed by atoms with van der Waals surface area (Å²) in [6.07, 6.45) is 1.02. The zero-order chi connectivity index (χ0) is 12.5. The summed E-state index contributed by atoms with van der Waals surface area (Å²) in [5.74, 6) is 0.344. The quantitative estimate of drug-likeness (QED) is 0.755. The number of aromatic nitrogens is 1. The molecule has 0 atom stereocenters. The van der Waals surface area contributed by atoms with Crippen molar-refractivity contribution in [3.8, 4) is 5.75 Å². The third kappa shape index (κ3) is 1.07. The van der Waals surface area contributed by atoms with Crippen molar-refractivity contribution in [3.05, 3.63) is 29.5 Å². The van der Waals surface area contributed by atoms with Crippen LogP contribution in [0, 0.1) is 5.41 Å². The molecule has 0 saturated carbocycles. The van der Waals surface area contributed by atoms with Crippen LogP contribution in [0.25, 0.3) is 10.9 Å². The molecule has 92 valence electrons. The summed E-state index contributed by atoms with van der Waals surface area (Å²) in [5, 5.41) is 11.0. The number of phenols is 1. The molecule has 4 rings (SSSR count). The average molecular weight is 240 g/mol. The molecule has 1 N–H and O–H groups in total. The molecule has 2 aromatic rings. The summed E-state index contributed by atoms with van der Waals surface area (Å²) >= 11 is 0. The van der Waals surface area contributed by atoms with Crippen LogP contribution in [-0.4, -0.2) is 21.9 Å². The molecule has 0 aliphatic carbocycles. The summed E-state index contributed by atoms with van der Waals surface area (Å²) in [5.41, 5.74) is 5.25. The lowest BCUT2D eigenvalue weighted by Crippen LogP contribution is -2.24. The monoisotopic (exact) mass is 240 g/mol. The Hall–Kier alpha value is -1.77. The van der Waals surface area contributed by atoms with Crippen LogP contribution in [0.2, 0.25) is 0 Å². The van der Waals surface area contributed by atoms with E-state index in [0.29, 0.717) is 5.75 Å². The van der Waals surface area contributed by atoms with E-state index in [2.05, 4.69) is 18.4 Å². The molecule has 0 unspecified atom stereocenters. The Labute approximate surface area is 106 Å². The Morgan fingerprint density at radius 2 is 2.17 bits per heavy atom. The largest absolute Gasteiger partial charge is 0.508 e. The summed E-state index contributed by atoms with van der Waals surface area (Å²) in [6.45, 7) is 6.36. The van der Waals surface area contributed by atoms with Crippen molar-refractivity contribution >= 4 is 16.6 Å². The molecule has 0 saturated heterocycles. The van der Waals surface area contributed by atoms with Gasteiger partial charge < -0.3 is 9.67 Å². The Balaban J connectivity index is 2.15. The third-order valence-electron chi connectivity index (χ3n) is 4.20. The van der Waals surface area contributed by atoms with Crippen molar-refractivity contribution in [1.82, 2.24) is 4.57 Å². The molecule has 0 amide bonds. The predicted molar refractivity (Wildman–Crippen MR) is 72.5 cm³/mol. The first kappa shape index (κ1) is 10.2. The van der Waals surface area contributed by atoms with Crippen LogP contribution in [0.3, 0.4) is 0 Å². The smallest absolute Gasteiger partial charge is 0.117 e. The van der Waals surface area contributed by atoms with E-state index in [1.54, 1.807) is 6.07 Å². The fourth-order valence-corrected chi connectivity index (χ4v) is 3.46. The van der Waals surface area contributed by atoms with Crippen molar-refractivity contribution < 1.29 is 5.11 Å². The van der Waals surface area contributed by atoms with Gasteiger partial charge in [0.05, 0.1) is 16.9 Å². The lowest BCUT2D eigenvalue weighted by molar-refractivity contribution is 0.466. The van der Waals surface area contributed by atoms with Crippen molar-refractivity contribution in [2.24, 2.45) is 10.4 Å². The highest BCUT2D eigenvalue weighted by Gasteiger charge is 2.40. The van der Waals surface area contributed by atoms with E-state index in [1.165, 1.54) is 22.4 Å². The lowest BCUT2D eigenvalue weighted by atomic mass is 9.85. The van der Waals surface area contributed by atoms with Gasteiger partial charge in [-0.3, -0.25) is 4.99 Å². The molecule has 2 aliphatic rings. The summed E-state index contributed by atoms with van der Waals surface area (Å²) in [4.78, 5) is 4.75. The number of phenolic OH excluding ortho intramolecular Hbond substituents is 1. The van der Waals surface area contributed by atoms with Crippen molar-refractivity contribution in [2.75, 3.05) is 6.54 Å². The van der Waals surface area contributed by atoms with Gasteiger partial charge in [-0.1, -0.05) is 13.8 Å². The molecule has 0 spiro atoms. The maximum atomic E-state index is 9.71. The van der Waals surface area contributed by atoms with Gasteiger partial charge in [0.2, 0.25) is 0 Å². The first-order chi connectivity index (χ1) is 8.58. The minimum atomic E-state index is 0.115. The molecule has 0 bridgehead atoms. The molecule has 1 aromatic carbocycles. The molecular weight excluding hydrogens is 224 g/mol. The SMILES string of the molecule is CC1(C)Cn2c3c(c4ccc(O)cc42)CCN=C31. The van der Waals surface area contributed by atoms with Crippen LogP contribution in [0.5, 0.6) is 5.75 Å². The van der Waals surface area contributed by atoms with E-state index in [0.717, 1.165) is 25.0 Å². The van der Waals surface area contributed by atoms with E-state index in [1.807, 2.05) is 12.1 Å². The maximum absolute atomic E-state index is 9.71. The number of rotatable bonds is 0. The highest BCUT2D eigenvalue weighted by atomic mass is 16.3. The molecular formula is C15H16N2O. The molecule has 3 nitrogen and oxygen atoms in total. The maximum Gasteiger partial charge on any atom is 0.117 e. The Morgan fingerprint density at radius 1 is 1.33 bits per heavy atom. The lowest BCUT2D eigenvalue weighted by Gasteiger charge is -2.21. The number of fused-ring (bicyclic) bond motifs is 3. The van der Waals surface area contributed by atoms with E-state index in [9.17, 15) is 5.11 Å². The van der Waals surface area contributed by atoms with E-state index >= 15 is 0 Å². The van der Waals surface area contributed by atoms with Gasteiger partial charge in [0, 0.05) is 30.0 Å². The van der Waals surface area contributed by atoms with Gasteiger partial charge in [0.1, 0.15) is 5.75 Å². The third-order valence-corrected chi connectivity index (χ3v) is 4.20. The van der Waals surface area contributed by atoms with Crippen LogP contribution in [0.4, 0.5) is 0 Å². The van der Waals surface area contributed by atoms with E-state index in [-0.39, 0.29) is 5.41 Å². The highest BCUT2D eigenvalue weighted by Crippen LogP contribution is 2.42. The summed E-state index contributed by atoms with van der Waals surface area (Å²) < 4.78 is 2.34. The molecule has 0 fully saturated rings. The predicted octanol–water partition coefficient (Wildman–Crippen LogP) is 2.73. The Bertz CT molecular complexity index is 707. The second-order valence-electron chi connectivity index (χ2n) is 5.98. The number of nitrogens with zero attached hydrogens (tertiary/aromatic N) is 2. The van der Waals surface area contributed by atoms with Crippen LogP contribution in [-0.2, 0) is 13.0 Å². The molecule has 3 heteroatoms. The minimum absolute atomic E-state index is 0.115. The van der Waals surface area contributed by atoms with Crippen molar-refractivity contribution in [1.29, 1.82) is 0 Å². The second-order valence-corrected chi connectivity index (χ2v) is 5.98. The van der Waals surface area contributed by atoms with Gasteiger partial charge in [0.15, 0.2) is 0 Å². The van der Waals surface area contributed by atoms with Gasteiger partial charge in [-0.25, -0.2) is 0 Å². The van der Waals surface area contributed by atoms with Gasteiger partial charge in [-0.2, -0.15) is 0 Å². The van der Waals surface area contributed by atoms with Crippen LogP contribution in [0.1, 0.15) is 25.1 Å². The van der Waals surface area contributed by atoms with Gasteiger partial charge in [0.25, 0.3) is 0 Å². The van der Waals surface area contributed by atoms with Crippen LogP contribution >= 0.6 is 0 Å². The van der Waals surface area contributed by atoms with Crippen molar-refractivity contribution in [2.45, 2.75) is 26.8 Å². The van der Waals surface area contributed by atoms with Gasteiger partial charge >= 0.3 is 0 Å². The summed E-state index contributed by atoms with van der Waals surface area (Å²) in [7, 11) is 0. The molecule has 0 radical (unpaired) electrons. The molecule has 18 heavy (non-hydrogen) atoms. The first-order valence-corrected chi connectivity index (χ1v) is 6.47. The number of hydrogen-bond donors (Lipinski definition) is 1. The number of aliphatic imine (C=N–C) groups is 1. The molecule has 1 aromatic heterocycles. The minimum Gasteiger partial charge on any atom is -0.508 e. The van der Waals surface area contributed by atoms with Gasteiger partial charge in [-0.05, 0) is 24.1 Å². The standard InChI is InChI=1S/C15H16N2O/c1-15(2)8-17-12-7-9(18)3-4-10(12)11-5-6-16-14(15)13(11)17/h3-4,7,18H,5-6,8H2,1-2H3. The zero-order valence-corrected chi connectivity index (χ0v) is 10.7. The number of hydrogen-bond acceptors (Lipinski definition) is 2. The van der Waals surface area contributed by atoms with E-state index < -0.39 is 0 Å². The van der Waals surface area contributed by atoms with E-state index in [4.69, 9.17) is 4.99 Å². The molecule has 2 aliphatic heterocycles. The summed E-state index contributed by atoms with van der Waals surface area (Å²) in [6, 6.07) is 5.71. The normalized spacial score (nSPS) is 20.0. The van der Waals surface area contributed by atoms with Crippen LogP contribution in [0.15, 0.2) is 23.2 Å². The molecule has 3 heterocycles. The average Bonchev–Trinajstić information content (AvgIpc) is 2.77. The Morgan fingerprint density at radius 3 is 3.00 bits per heavy atom. The zero-order valence-electron chi connectivity index (χ0n) is 10.7. The van der Waals surface area contributed by atoms with Gasteiger partial charge in [-0.15, -0.1) is 0 Å². The first-order valence-electron chi connectivity index (χ1n) is 6.47. The van der Waals surface area contributed by atoms with Crippen molar-refractivity contribution in [3.63, 3.8) is 0 Å². The second kappa shape index (κ2) is 2.97. The van der Waals surface area contributed by atoms with Crippen LogP contribution < -0.4 is 0 Å². The number of aromatic hydroxyl groups is 1. The Kier molecular flexibility index (Phi) is 1.68. The fourth-order valence-electron chi connectivity index (χ4n) is 3.46. The highest BCUT2D eigenvalue weighted by molar-refractivity contribution is 6.11. The topological polar surface area (TPSA) is 37.5 Å².